The van der Waals surface area contributed by atoms with Crippen molar-refractivity contribution in [3.63, 3.8) is 0 Å². The highest BCUT2D eigenvalue weighted by Crippen LogP contribution is 2.22. The summed E-state index contributed by atoms with van der Waals surface area (Å²) in [7, 11) is 0. The predicted octanol–water partition coefficient (Wildman–Crippen LogP) is 1.84. The van der Waals surface area contributed by atoms with E-state index in [2.05, 4.69) is 15.6 Å². The Balaban J connectivity index is 1.92. The van der Waals surface area contributed by atoms with Gasteiger partial charge in [0.25, 0.3) is 0 Å². The molecule has 1 aromatic heterocycles. The molecule has 3 N–H and O–H groups in total. The molecule has 0 fully saturated rings. The van der Waals surface area contributed by atoms with Crippen LogP contribution >= 0.6 is 0 Å². The van der Waals surface area contributed by atoms with Crippen LogP contribution in [0, 0.1) is 6.92 Å². The molecule has 7 heteroatoms. The number of nitrogens with one attached hydrogen (secondary N) is 1. The molecule has 0 unspecified atom stereocenters. The van der Waals surface area contributed by atoms with E-state index >= 15 is 0 Å². The molecule has 7 nitrogen and oxygen atoms in total. The third-order valence-corrected chi connectivity index (χ3v) is 3.86. The van der Waals surface area contributed by atoms with Crippen LogP contribution in [0.4, 0.5) is 0 Å². The number of amides is 2. The molecule has 0 saturated carbocycles. The van der Waals surface area contributed by atoms with Gasteiger partial charge < -0.3 is 5.73 Å². The van der Waals surface area contributed by atoms with Gasteiger partial charge in [-0.05, 0) is 18.6 Å². The van der Waals surface area contributed by atoms with E-state index in [1.54, 1.807) is 0 Å². The van der Waals surface area contributed by atoms with Crippen LogP contribution < -0.4 is 11.2 Å². The van der Waals surface area contributed by atoms with Gasteiger partial charge in [-0.3, -0.25) is 14.3 Å². The summed E-state index contributed by atoms with van der Waals surface area (Å²) >= 11 is 0. The first-order chi connectivity index (χ1) is 13.0. The zero-order valence-corrected chi connectivity index (χ0v) is 14.8. The lowest BCUT2D eigenvalue weighted by Gasteiger charge is -2.02. The van der Waals surface area contributed by atoms with Crippen molar-refractivity contribution < 1.29 is 9.59 Å². The Kier molecular flexibility index (Phi) is 5.41. The van der Waals surface area contributed by atoms with E-state index in [1.807, 2.05) is 72.4 Å². The predicted molar refractivity (Wildman–Crippen MR) is 103 cm³/mol. The van der Waals surface area contributed by atoms with Crippen LogP contribution in [-0.2, 0) is 16.1 Å². The number of primary amides is 1. The minimum atomic E-state index is -1.09. The molecule has 0 radical (unpaired) electrons. The molecule has 0 aliphatic heterocycles. The summed E-state index contributed by atoms with van der Waals surface area (Å²) in [6.07, 6.45) is 3.29. The summed E-state index contributed by atoms with van der Waals surface area (Å²) in [6, 6.07) is 17.9. The van der Waals surface area contributed by atoms with Crippen LogP contribution in [0.1, 0.15) is 16.7 Å². The Morgan fingerprint density at radius 3 is 2.67 bits per heavy atom. The molecule has 0 spiro atoms. The van der Waals surface area contributed by atoms with E-state index in [0.717, 1.165) is 22.4 Å². The average molecular weight is 361 g/mol. The highest BCUT2D eigenvalue weighted by Gasteiger charge is 2.11. The molecule has 136 valence electrons. The van der Waals surface area contributed by atoms with E-state index in [0.29, 0.717) is 12.1 Å². The summed E-state index contributed by atoms with van der Waals surface area (Å²) in [5.74, 6) is -2.06. The first kappa shape index (κ1) is 18.1. The molecule has 0 saturated heterocycles. The van der Waals surface area contributed by atoms with Crippen LogP contribution in [0.15, 0.2) is 65.9 Å². The van der Waals surface area contributed by atoms with E-state index in [-0.39, 0.29) is 0 Å². The third kappa shape index (κ3) is 4.66. The highest BCUT2D eigenvalue weighted by atomic mass is 16.2. The van der Waals surface area contributed by atoms with Crippen molar-refractivity contribution in [1.82, 2.24) is 15.2 Å². The molecular formula is C20H19N5O2. The van der Waals surface area contributed by atoms with Crippen molar-refractivity contribution in [2.45, 2.75) is 13.5 Å². The second kappa shape index (κ2) is 8.09. The summed E-state index contributed by atoms with van der Waals surface area (Å²) < 4.78 is 1.81. The number of hydrogen-bond donors (Lipinski definition) is 2. The quantitative estimate of drug-likeness (QED) is 0.412. The van der Waals surface area contributed by atoms with Crippen LogP contribution in [-0.4, -0.2) is 27.8 Å². The number of rotatable bonds is 5. The molecule has 27 heavy (non-hydrogen) atoms. The van der Waals surface area contributed by atoms with Gasteiger partial charge in [-0.25, -0.2) is 5.43 Å². The molecule has 3 rings (SSSR count). The number of carbonyl (C=O) groups is 2. The molecule has 1 heterocycles. The molecule has 2 aromatic carbocycles. The second-order valence-electron chi connectivity index (χ2n) is 6.05. The van der Waals surface area contributed by atoms with Crippen molar-refractivity contribution in [2.24, 2.45) is 10.8 Å². The smallest absolute Gasteiger partial charge is 0.329 e. The van der Waals surface area contributed by atoms with Crippen molar-refractivity contribution in [1.29, 1.82) is 0 Å². The van der Waals surface area contributed by atoms with E-state index in [1.165, 1.54) is 6.21 Å². The first-order valence-electron chi connectivity index (χ1n) is 8.34. The molecular weight excluding hydrogens is 342 g/mol. The molecule has 0 atom stereocenters. The van der Waals surface area contributed by atoms with Gasteiger partial charge in [-0.15, -0.1) is 0 Å². The fraction of sp³-hybridized carbons (Fsp3) is 0.100. The SMILES string of the molecule is Cc1cccc(-c2nn(Cc3ccccc3)cc2/C=N\NC(=O)C(N)=O)c1. The fourth-order valence-corrected chi connectivity index (χ4v) is 2.61. The Morgan fingerprint density at radius 2 is 1.96 bits per heavy atom. The summed E-state index contributed by atoms with van der Waals surface area (Å²) in [5.41, 5.74) is 11.6. The van der Waals surface area contributed by atoms with Crippen LogP contribution in [0.2, 0.25) is 0 Å². The van der Waals surface area contributed by atoms with Crippen molar-refractivity contribution in [2.75, 3.05) is 0 Å². The normalized spacial score (nSPS) is 10.9. The maximum Gasteiger partial charge on any atom is 0.329 e. The lowest BCUT2D eigenvalue weighted by atomic mass is 10.1. The first-order valence-corrected chi connectivity index (χ1v) is 8.34. The van der Waals surface area contributed by atoms with Gasteiger partial charge in [0.15, 0.2) is 0 Å². The maximum absolute atomic E-state index is 11.3. The second-order valence-corrected chi connectivity index (χ2v) is 6.05. The van der Waals surface area contributed by atoms with Crippen LogP contribution in [0.25, 0.3) is 11.3 Å². The standard InChI is InChI=1S/C20H19N5O2/c1-14-6-5-9-16(10-14)18-17(11-22-23-20(27)19(21)26)13-25(24-18)12-15-7-3-2-4-8-15/h2-11,13H,12H2,1H3,(H2,21,26)(H,23,27)/b22-11-. The third-order valence-electron chi connectivity index (χ3n) is 3.86. The largest absolute Gasteiger partial charge is 0.361 e. The summed E-state index contributed by atoms with van der Waals surface area (Å²) in [6.45, 7) is 2.60. The van der Waals surface area contributed by atoms with Crippen LogP contribution in [0.3, 0.4) is 0 Å². The number of benzene rings is 2. The van der Waals surface area contributed by atoms with E-state index in [9.17, 15) is 9.59 Å². The minimum absolute atomic E-state index is 0.598. The Morgan fingerprint density at radius 1 is 1.19 bits per heavy atom. The molecule has 3 aromatic rings. The zero-order valence-electron chi connectivity index (χ0n) is 14.8. The number of aromatic nitrogens is 2. The summed E-state index contributed by atoms with van der Waals surface area (Å²) in [5, 5.41) is 8.48. The number of nitrogens with zero attached hydrogens (tertiary/aromatic N) is 3. The number of nitrogens with two attached hydrogens (primary N) is 1. The van der Waals surface area contributed by atoms with Gasteiger partial charge in [0.1, 0.15) is 5.69 Å². The number of carbonyl (C=O) groups excluding carboxylic acids is 2. The molecule has 0 aliphatic rings. The topological polar surface area (TPSA) is 102 Å². The molecule has 0 bridgehead atoms. The summed E-state index contributed by atoms with van der Waals surface area (Å²) in [4.78, 5) is 22.1. The maximum atomic E-state index is 11.3. The van der Waals surface area contributed by atoms with Gasteiger partial charge in [-0.1, -0.05) is 54.1 Å². The molecule has 2 amide bonds. The highest BCUT2D eigenvalue weighted by molar-refractivity contribution is 6.34. The fourth-order valence-electron chi connectivity index (χ4n) is 2.61. The van der Waals surface area contributed by atoms with Gasteiger partial charge >= 0.3 is 11.8 Å². The van der Waals surface area contributed by atoms with Crippen molar-refractivity contribution >= 4 is 18.0 Å². The van der Waals surface area contributed by atoms with E-state index < -0.39 is 11.8 Å². The molecule has 0 aliphatic carbocycles. The van der Waals surface area contributed by atoms with Crippen molar-refractivity contribution in [3.8, 4) is 11.3 Å². The van der Waals surface area contributed by atoms with Crippen LogP contribution in [0.5, 0.6) is 0 Å². The van der Waals surface area contributed by atoms with Crippen molar-refractivity contribution in [3.05, 3.63) is 77.5 Å². The average Bonchev–Trinajstić information content (AvgIpc) is 3.05. The Hall–Kier alpha value is -3.74. The van der Waals surface area contributed by atoms with Gasteiger partial charge in [0.05, 0.1) is 12.8 Å². The lowest BCUT2D eigenvalue weighted by molar-refractivity contribution is -0.137. The zero-order chi connectivity index (χ0) is 19.2. The number of hydrogen-bond acceptors (Lipinski definition) is 4. The van der Waals surface area contributed by atoms with Gasteiger partial charge in [0, 0.05) is 17.3 Å². The van der Waals surface area contributed by atoms with Gasteiger partial charge in [-0.2, -0.15) is 10.2 Å². The lowest BCUT2D eigenvalue weighted by Crippen LogP contribution is -2.32. The number of aryl methyl sites for hydroxylation is 1. The minimum Gasteiger partial charge on any atom is -0.361 e. The Bertz CT molecular complexity index is 993. The Labute approximate surface area is 156 Å². The van der Waals surface area contributed by atoms with E-state index in [4.69, 9.17) is 5.73 Å². The monoisotopic (exact) mass is 361 g/mol. The number of hydrazone groups is 1. The van der Waals surface area contributed by atoms with Gasteiger partial charge in [0.2, 0.25) is 0 Å².